The fourth-order valence-corrected chi connectivity index (χ4v) is 3.56. The minimum absolute atomic E-state index is 0.151. The number of ketones is 1. The van der Waals surface area contributed by atoms with Gasteiger partial charge in [-0.2, -0.15) is 0 Å². The lowest BCUT2D eigenvalue weighted by Crippen LogP contribution is -2.41. The van der Waals surface area contributed by atoms with Crippen molar-refractivity contribution in [2.24, 2.45) is 5.92 Å². The van der Waals surface area contributed by atoms with E-state index in [1.54, 1.807) is 6.07 Å². The van der Waals surface area contributed by atoms with Crippen LogP contribution in [-0.4, -0.2) is 18.0 Å². The molecule has 0 amide bonds. The Morgan fingerprint density at radius 2 is 2.16 bits per heavy atom. The molecule has 1 aliphatic carbocycles. The van der Waals surface area contributed by atoms with Gasteiger partial charge in [-0.25, -0.2) is 4.39 Å². The Bertz CT molecular complexity index is 575. The molecule has 1 heterocycles. The molecule has 100 valence electrons. The van der Waals surface area contributed by atoms with Crippen molar-refractivity contribution in [1.82, 2.24) is 0 Å². The van der Waals surface area contributed by atoms with Crippen molar-refractivity contribution >= 4 is 39.0 Å². The first-order valence-corrected chi connectivity index (χ1v) is 7.30. The fourth-order valence-electron chi connectivity index (χ4n) is 2.83. The Kier molecular flexibility index (Phi) is 3.39. The molecule has 5 heteroatoms. The lowest BCUT2D eigenvalue weighted by Gasteiger charge is -2.28. The highest BCUT2D eigenvalue weighted by molar-refractivity contribution is 9.11. The van der Waals surface area contributed by atoms with Crippen LogP contribution in [0.4, 0.5) is 10.1 Å². The first-order valence-electron chi connectivity index (χ1n) is 6.13. The highest BCUT2D eigenvalue weighted by Gasteiger charge is 2.40. The van der Waals surface area contributed by atoms with E-state index < -0.39 is 12.1 Å². The summed E-state index contributed by atoms with van der Waals surface area (Å²) in [5.41, 5.74) is 1.99. The third-order valence-electron chi connectivity index (χ3n) is 3.69. The summed E-state index contributed by atoms with van der Waals surface area (Å²) < 4.78 is 14.8. The lowest BCUT2D eigenvalue weighted by molar-refractivity contribution is -0.121. The molecule has 2 aliphatic rings. The first kappa shape index (κ1) is 13.1. The van der Waals surface area contributed by atoms with Gasteiger partial charge in [-0.05, 0) is 36.3 Å². The van der Waals surface area contributed by atoms with Crippen LogP contribution < -0.4 is 5.32 Å². The van der Waals surface area contributed by atoms with Crippen molar-refractivity contribution in [3.8, 4) is 0 Å². The number of carbonyl (C=O) groups is 1. The zero-order valence-corrected chi connectivity index (χ0v) is 12.3. The smallest absolute Gasteiger partial charge is 0.164 e. The van der Waals surface area contributed by atoms with Crippen molar-refractivity contribution in [2.75, 3.05) is 5.32 Å². The maximum absolute atomic E-state index is 14.1. The Labute approximate surface area is 124 Å². The number of fused-ring (bicyclic) bond motifs is 1. The number of rotatable bonds is 1. The van der Waals surface area contributed by atoms with Gasteiger partial charge in [-0.1, -0.05) is 27.5 Å². The molecule has 2 nitrogen and oxygen atoms in total. The van der Waals surface area contributed by atoms with Crippen LogP contribution in [0.3, 0.4) is 0 Å². The molecule has 3 rings (SSSR count). The van der Waals surface area contributed by atoms with E-state index in [0.717, 1.165) is 11.3 Å². The summed E-state index contributed by atoms with van der Waals surface area (Å²) >= 11 is 9.15. The summed E-state index contributed by atoms with van der Waals surface area (Å²) in [6.07, 6.45) is 1.26. The number of anilines is 1. The van der Waals surface area contributed by atoms with Crippen LogP contribution >= 0.6 is 27.5 Å². The van der Waals surface area contributed by atoms with E-state index in [0.29, 0.717) is 15.9 Å². The Balaban J connectivity index is 1.85. The van der Waals surface area contributed by atoms with Crippen LogP contribution in [0.2, 0.25) is 5.02 Å². The molecule has 3 atom stereocenters. The van der Waals surface area contributed by atoms with Gasteiger partial charge in [-0.3, -0.25) is 4.79 Å². The first-order chi connectivity index (χ1) is 9.04. The molecule has 0 radical (unpaired) electrons. The van der Waals surface area contributed by atoms with E-state index >= 15 is 0 Å². The zero-order valence-electron chi connectivity index (χ0n) is 10.00. The molecular weight excluding hydrogens is 333 g/mol. The number of hydrogen-bond donors (Lipinski definition) is 1. The van der Waals surface area contributed by atoms with Gasteiger partial charge in [0, 0.05) is 27.7 Å². The molecule has 3 unspecified atom stereocenters. The molecule has 0 aromatic heterocycles. The molecule has 0 fully saturated rings. The average Bonchev–Trinajstić information content (AvgIpc) is 2.69. The molecule has 1 aromatic rings. The van der Waals surface area contributed by atoms with Crippen LogP contribution in [-0.2, 0) is 11.2 Å². The van der Waals surface area contributed by atoms with E-state index in [1.165, 1.54) is 6.08 Å². The summed E-state index contributed by atoms with van der Waals surface area (Å²) in [7, 11) is 0. The minimum Gasteiger partial charge on any atom is -0.381 e. The molecular formula is C14H12BrClFNO. The summed E-state index contributed by atoms with van der Waals surface area (Å²) in [5.74, 6) is -0.769. The van der Waals surface area contributed by atoms with Crippen molar-refractivity contribution < 1.29 is 9.18 Å². The van der Waals surface area contributed by atoms with Crippen LogP contribution in [0, 0.1) is 5.92 Å². The summed E-state index contributed by atoms with van der Waals surface area (Å²) in [6, 6.07) is 5.36. The predicted molar refractivity (Wildman–Crippen MR) is 77.6 cm³/mol. The number of hydrogen-bond acceptors (Lipinski definition) is 2. The third-order valence-corrected chi connectivity index (χ3v) is 4.48. The minimum atomic E-state index is -1.14. The summed E-state index contributed by atoms with van der Waals surface area (Å²) in [5, 5.41) is 3.91. The number of halogens is 3. The number of alkyl halides is 1. The van der Waals surface area contributed by atoms with Crippen molar-refractivity contribution in [2.45, 2.75) is 25.1 Å². The van der Waals surface area contributed by atoms with Gasteiger partial charge in [0.2, 0.25) is 0 Å². The maximum atomic E-state index is 14.1. The second-order valence-electron chi connectivity index (χ2n) is 5.00. The quantitative estimate of drug-likeness (QED) is 0.837. The van der Waals surface area contributed by atoms with Gasteiger partial charge < -0.3 is 5.32 Å². The van der Waals surface area contributed by atoms with Crippen LogP contribution in [0.25, 0.3) is 0 Å². The highest BCUT2D eigenvalue weighted by atomic mass is 79.9. The summed E-state index contributed by atoms with van der Waals surface area (Å²) in [6.45, 7) is 0. The van der Waals surface area contributed by atoms with E-state index in [9.17, 15) is 9.18 Å². The van der Waals surface area contributed by atoms with Gasteiger partial charge in [-0.15, -0.1) is 0 Å². The van der Waals surface area contributed by atoms with Gasteiger partial charge in [0.1, 0.15) is 6.17 Å². The van der Waals surface area contributed by atoms with Gasteiger partial charge in [0.25, 0.3) is 0 Å². The standard InChI is InChI=1S/C14H12BrClFNO/c15-8-5-10(17)14(13(19)6-8)12-4-7-3-9(16)1-2-11(7)18-12/h1-3,6,10,12,14,18H,4-5H2. The molecule has 1 aromatic carbocycles. The summed E-state index contributed by atoms with van der Waals surface area (Å²) in [4.78, 5) is 12.0. The van der Waals surface area contributed by atoms with E-state index in [2.05, 4.69) is 21.2 Å². The van der Waals surface area contributed by atoms with E-state index in [4.69, 9.17) is 11.6 Å². The third kappa shape index (κ3) is 2.43. The van der Waals surface area contributed by atoms with Crippen molar-refractivity contribution in [1.29, 1.82) is 0 Å². The van der Waals surface area contributed by atoms with Crippen LogP contribution in [0.15, 0.2) is 28.8 Å². The SMILES string of the molecule is O=C1C=C(Br)CC(F)C1C1Cc2cc(Cl)ccc2N1. The van der Waals surface area contributed by atoms with Crippen LogP contribution in [0.1, 0.15) is 12.0 Å². The van der Waals surface area contributed by atoms with Gasteiger partial charge in [0.05, 0.1) is 5.92 Å². The average molecular weight is 345 g/mol. The predicted octanol–water partition coefficient (Wildman–Crippen LogP) is 3.88. The normalized spacial score (nSPS) is 29.7. The lowest BCUT2D eigenvalue weighted by atomic mass is 9.84. The Hall–Kier alpha value is -0.870. The van der Waals surface area contributed by atoms with Crippen LogP contribution in [0.5, 0.6) is 0 Å². The second kappa shape index (κ2) is 4.91. The second-order valence-corrected chi connectivity index (χ2v) is 6.45. The highest BCUT2D eigenvalue weighted by Crippen LogP contribution is 2.37. The van der Waals surface area contributed by atoms with E-state index in [-0.39, 0.29) is 18.2 Å². The number of carbonyl (C=O) groups excluding carboxylic acids is 1. The fraction of sp³-hybridized carbons (Fsp3) is 0.357. The van der Waals surface area contributed by atoms with E-state index in [1.807, 2.05) is 12.1 Å². The molecule has 1 N–H and O–H groups in total. The van der Waals surface area contributed by atoms with Crippen molar-refractivity contribution in [3.63, 3.8) is 0 Å². The molecule has 0 bridgehead atoms. The number of nitrogens with one attached hydrogen (secondary N) is 1. The monoisotopic (exact) mass is 343 g/mol. The van der Waals surface area contributed by atoms with Crippen molar-refractivity contribution in [3.05, 3.63) is 39.3 Å². The Morgan fingerprint density at radius 1 is 1.37 bits per heavy atom. The number of allylic oxidation sites excluding steroid dienone is 2. The molecule has 0 saturated carbocycles. The van der Waals surface area contributed by atoms with Gasteiger partial charge in [0.15, 0.2) is 5.78 Å². The number of benzene rings is 1. The maximum Gasteiger partial charge on any atom is 0.164 e. The Morgan fingerprint density at radius 3 is 2.89 bits per heavy atom. The molecule has 0 saturated heterocycles. The molecule has 19 heavy (non-hydrogen) atoms. The molecule has 0 spiro atoms. The largest absolute Gasteiger partial charge is 0.381 e. The van der Waals surface area contributed by atoms with Gasteiger partial charge >= 0.3 is 0 Å². The molecule has 1 aliphatic heterocycles. The zero-order chi connectivity index (χ0) is 13.6. The topological polar surface area (TPSA) is 29.1 Å².